The van der Waals surface area contributed by atoms with Gasteiger partial charge in [-0.3, -0.25) is 15.3 Å². The van der Waals surface area contributed by atoms with Gasteiger partial charge in [0.2, 0.25) is 23.4 Å². The standard InChI is InChI=1S/C18H18N6O4.C9H11NO4.C8H7N5/c1-26-13-8-12(9-14(27-2)15(13)28-3)22-18(25)24-17-21-10-20-16(23-17)11-4-6-19-7-5-11;1-12-7-4-6(10-11)5-8(13-2)9(7)14-3;9-8-12-5-11-7(13-8)6-1-3-10-4-2-6/h4-10H,1-3H3,(H2,20,21,22,23,24,25);4-5H,1-3H3;1-5H,(H2,9,11,12,13). The summed E-state index contributed by atoms with van der Waals surface area (Å²) in [7, 11) is 8.94. The summed E-state index contributed by atoms with van der Waals surface area (Å²) in [5.41, 5.74) is 7.73. The predicted molar refractivity (Wildman–Crippen MR) is 201 cm³/mol. The molecule has 6 aromatic rings. The van der Waals surface area contributed by atoms with E-state index in [0.717, 1.165) is 11.1 Å². The highest BCUT2D eigenvalue weighted by atomic mass is 16.5. The second kappa shape index (κ2) is 20.3. The Balaban J connectivity index is 0.000000207. The quantitative estimate of drug-likeness (QED) is 0.143. The number of carbonyl (C=O) groups is 1. The number of rotatable bonds is 11. The normalized spacial score (nSPS) is 9.85. The SMILES string of the molecule is COc1cc(N=O)cc(OC)c1OC.COc1cc(NC(=O)Nc2ncnc(-c3ccncc3)n2)cc(OC)c1OC.Nc1ncnc(-c2ccncc2)n1. The summed E-state index contributed by atoms with van der Waals surface area (Å²) in [5, 5.41) is 8.04. The largest absolute Gasteiger partial charge is 0.493 e. The molecule has 0 aliphatic rings. The number of methoxy groups -OCH3 is 6. The van der Waals surface area contributed by atoms with E-state index in [1.54, 1.807) is 49.1 Å². The Morgan fingerprint density at radius 3 is 1.49 bits per heavy atom. The second-order valence-electron chi connectivity index (χ2n) is 10.2. The van der Waals surface area contributed by atoms with Crippen molar-refractivity contribution in [2.75, 3.05) is 59.0 Å². The summed E-state index contributed by atoms with van der Waals surface area (Å²) in [4.78, 5) is 54.5. The van der Waals surface area contributed by atoms with Gasteiger partial charge in [0.05, 0.1) is 48.3 Å². The number of amides is 2. The molecule has 0 bridgehead atoms. The third kappa shape index (κ3) is 11.1. The van der Waals surface area contributed by atoms with Crippen molar-refractivity contribution in [3.05, 3.63) is 90.9 Å². The van der Waals surface area contributed by atoms with Crippen molar-refractivity contribution in [3.63, 3.8) is 0 Å². The number of carbonyl (C=O) groups excluding carboxylic acids is 1. The van der Waals surface area contributed by atoms with Crippen molar-refractivity contribution < 1.29 is 33.2 Å². The Hall–Kier alpha value is -7.77. The Morgan fingerprint density at radius 2 is 1.05 bits per heavy atom. The molecule has 0 unspecified atom stereocenters. The summed E-state index contributed by atoms with van der Waals surface area (Å²) in [6.45, 7) is 0. The fourth-order valence-corrected chi connectivity index (χ4v) is 4.48. The molecule has 0 aliphatic carbocycles. The first kappa shape index (κ1) is 40.0. The lowest BCUT2D eigenvalue weighted by molar-refractivity contribution is 0.262. The molecule has 0 fully saturated rings. The number of aromatic nitrogens is 8. The number of anilines is 3. The van der Waals surface area contributed by atoms with Crippen molar-refractivity contribution in [3.8, 4) is 57.3 Å². The number of urea groups is 1. The number of ether oxygens (including phenoxy) is 6. The minimum absolute atomic E-state index is 0.103. The number of hydrogen-bond donors (Lipinski definition) is 3. The third-order valence-corrected chi connectivity index (χ3v) is 6.94. The van der Waals surface area contributed by atoms with Crippen LogP contribution in [0.25, 0.3) is 22.8 Å². The van der Waals surface area contributed by atoms with E-state index >= 15 is 0 Å². The lowest BCUT2D eigenvalue weighted by Gasteiger charge is -2.14. The number of nitrogens with two attached hydrogens (primary N) is 1. The van der Waals surface area contributed by atoms with Crippen LogP contribution in [0.5, 0.6) is 34.5 Å². The molecular formula is C35H36N12O8. The molecule has 20 nitrogen and oxygen atoms in total. The molecule has 20 heteroatoms. The van der Waals surface area contributed by atoms with Crippen molar-refractivity contribution in [2.24, 2.45) is 5.18 Å². The Bertz CT molecular complexity index is 2120. The van der Waals surface area contributed by atoms with Crippen molar-refractivity contribution >= 4 is 29.3 Å². The maximum atomic E-state index is 12.3. The van der Waals surface area contributed by atoms with Crippen LogP contribution in [0.3, 0.4) is 0 Å². The molecule has 284 valence electrons. The molecule has 0 radical (unpaired) electrons. The second-order valence-corrected chi connectivity index (χ2v) is 10.2. The summed E-state index contributed by atoms with van der Waals surface area (Å²) in [6, 6.07) is 12.8. The zero-order valence-corrected chi connectivity index (χ0v) is 30.5. The van der Waals surface area contributed by atoms with Gasteiger partial charge < -0.3 is 39.5 Å². The van der Waals surface area contributed by atoms with E-state index in [9.17, 15) is 9.70 Å². The monoisotopic (exact) mass is 752 g/mol. The lowest BCUT2D eigenvalue weighted by atomic mass is 10.2. The zero-order chi connectivity index (χ0) is 39.6. The van der Waals surface area contributed by atoms with Crippen molar-refractivity contribution in [2.45, 2.75) is 0 Å². The maximum Gasteiger partial charge on any atom is 0.326 e. The molecule has 0 aliphatic heterocycles. The van der Waals surface area contributed by atoms with Crippen LogP contribution in [-0.4, -0.2) is 88.6 Å². The maximum absolute atomic E-state index is 12.3. The van der Waals surface area contributed by atoms with Crippen molar-refractivity contribution in [1.82, 2.24) is 39.9 Å². The zero-order valence-electron chi connectivity index (χ0n) is 30.5. The van der Waals surface area contributed by atoms with E-state index in [1.807, 2.05) is 12.1 Å². The van der Waals surface area contributed by atoms with Crippen molar-refractivity contribution in [1.29, 1.82) is 0 Å². The Morgan fingerprint density at radius 1 is 0.600 bits per heavy atom. The van der Waals surface area contributed by atoms with Gasteiger partial charge in [-0.05, 0) is 29.4 Å². The number of pyridine rings is 2. The van der Waals surface area contributed by atoms with Gasteiger partial charge in [-0.2, -0.15) is 9.97 Å². The summed E-state index contributed by atoms with van der Waals surface area (Å²) >= 11 is 0. The van der Waals surface area contributed by atoms with Gasteiger partial charge in [0.1, 0.15) is 18.3 Å². The van der Waals surface area contributed by atoms with Gasteiger partial charge in [0, 0.05) is 60.2 Å². The molecule has 0 saturated heterocycles. The summed E-state index contributed by atoms with van der Waals surface area (Å²) < 4.78 is 30.9. The van der Waals surface area contributed by atoms with Crippen LogP contribution in [0.2, 0.25) is 0 Å². The van der Waals surface area contributed by atoms with Gasteiger partial charge in [-0.15, -0.1) is 4.91 Å². The van der Waals surface area contributed by atoms with E-state index in [1.165, 1.54) is 67.4 Å². The lowest BCUT2D eigenvalue weighted by Crippen LogP contribution is -2.21. The summed E-state index contributed by atoms with van der Waals surface area (Å²) in [6.07, 6.45) is 9.31. The van der Waals surface area contributed by atoms with Crippen LogP contribution in [-0.2, 0) is 0 Å². The van der Waals surface area contributed by atoms with E-state index in [0.29, 0.717) is 51.8 Å². The molecule has 2 aromatic carbocycles. The van der Waals surface area contributed by atoms with E-state index in [4.69, 9.17) is 34.2 Å². The first-order chi connectivity index (χ1) is 26.8. The molecule has 0 atom stereocenters. The molecule has 4 aromatic heterocycles. The molecule has 0 spiro atoms. The predicted octanol–water partition coefficient (Wildman–Crippen LogP) is 5.23. The summed E-state index contributed by atoms with van der Waals surface area (Å²) in [5.74, 6) is 3.85. The number of hydrogen-bond acceptors (Lipinski definition) is 18. The highest BCUT2D eigenvalue weighted by Gasteiger charge is 2.16. The molecule has 55 heavy (non-hydrogen) atoms. The number of nitroso groups, excluding NO2 is 1. The van der Waals surface area contributed by atoms with Crippen LogP contribution < -0.4 is 44.8 Å². The van der Waals surface area contributed by atoms with Crippen LogP contribution in [0.4, 0.5) is 28.1 Å². The fraction of sp³-hybridized carbons (Fsp3) is 0.171. The van der Waals surface area contributed by atoms with E-state index in [-0.39, 0.29) is 17.6 Å². The fourth-order valence-electron chi connectivity index (χ4n) is 4.48. The van der Waals surface area contributed by atoms with Gasteiger partial charge in [-0.25, -0.2) is 24.7 Å². The molecule has 6 rings (SSSR count). The molecule has 4 N–H and O–H groups in total. The van der Waals surface area contributed by atoms with Gasteiger partial charge in [0.25, 0.3) is 0 Å². The smallest absolute Gasteiger partial charge is 0.326 e. The minimum Gasteiger partial charge on any atom is -0.493 e. The number of nitrogens with one attached hydrogen (secondary N) is 2. The average Bonchev–Trinajstić information content (AvgIpc) is 3.23. The van der Waals surface area contributed by atoms with Crippen LogP contribution in [0, 0.1) is 4.91 Å². The average molecular weight is 753 g/mol. The number of nitrogen functional groups attached to an aromatic ring is 1. The molecule has 0 saturated carbocycles. The highest BCUT2D eigenvalue weighted by Crippen LogP contribution is 2.41. The van der Waals surface area contributed by atoms with E-state index < -0.39 is 6.03 Å². The molecule has 4 heterocycles. The highest BCUT2D eigenvalue weighted by molar-refractivity contribution is 5.99. The third-order valence-electron chi connectivity index (χ3n) is 6.94. The van der Waals surface area contributed by atoms with Gasteiger partial charge in [-0.1, -0.05) is 0 Å². The first-order valence-electron chi connectivity index (χ1n) is 15.7. The topological polar surface area (TPSA) is 255 Å². The minimum atomic E-state index is -0.541. The van der Waals surface area contributed by atoms with Gasteiger partial charge in [0.15, 0.2) is 34.6 Å². The Labute approximate surface area is 314 Å². The number of benzene rings is 2. The van der Waals surface area contributed by atoms with Gasteiger partial charge >= 0.3 is 6.03 Å². The first-order valence-corrected chi connectivity index (χ1v) is 15.7. The van der Waals surface area contributed by atoms with E-state index in [2.05, 4.69) is 55.7 Å². The van der Waals surface area contributed by atoms with Crippen LogP contribution in [0.1, 0.15) is 0 Å². The van der Waals surface area contributed by atoms with Crippen LogP contribution in [0.15, 0.2) is 91.1 Å². The molecular weight excluding hydrogens is 716 g/mol. The van der Waals surface area contributed by atoms with Crippen LogP contribution >= 0.6 is 0 Å². The number of nitrogens with zero attached hydrogens (tertiary/aromatic N) is 9. The molecule has 2 amide bonds. The Kier molecular flexibility index (Phi) is 14.8.